The van der Waals surface area contributed by atoms with Gasteiger partial charge < -0.3 is 10.2 Å². The van der Waals surface area contributed by atoms with E-state index in [9.17, 15) is 9.59 Å². The van der Waals surface area contributed by atoms with Crippen molar-refractivity contribution >= 4 is 34.5 Å². The lowest BCUT2D eigenvalue weighted by Gasteiger charge is -2.30. The van der Waals surface area contributed by atoms with Gasteiger partial charge in [-0.25, -0.2) is 0 Å². The lowest BCUT2D eigenvalue weighted by Crippen LogP contribution is -2.35. The van der Waals surface area contributed by atoms with Gasteiger partial charge in [0.05, 0.1) is 6.42 Å². The summed E-state index contributed by atoms with van der Waals surface area (Å²) in [5, 5.41) is 4.93. The molecule has 3 aromatic rings. The summed E-state index contributed by atoms with van der Waals surface area (Å²) >= 11 is 1.57. The molecule has 1 aliphatic heterocycles. The molecule has 2 amide bonds. The zero-order valence-corrected chi connectivity index (χ0v) is 15.7. The number of aryl methyl sites for hydroxylation is 1. The van der Waals surface area contributed by atoms with Gasteiger partial charge in [0.25, 0.3) is 5.91 Å². The third-order valence-electron chi connectivity index (χ3n) is 4.67. The Morgan fingerprint density at radius 3 is 2.67 bits per heavy atom. The molecule has 2 aromatic carbocycles. The highest BCUT2D eigenvalue weighted by Crippen LogP contribution is 2.31. The van der Waals surface area contributed by atoms with Crippen LogP contribution in [0.15, 0.2) is 66.0 Å². The Balaban J connectivity index is 1.56. The van der Waals surface area contributed by atoms with Gasteiger partial charge in [0.2, 0.25) is 5.91 Å². The predicted molar refractivity (Wildman–Crippen MR) is 110 cm³/mol. The molecule has 0 saturated carbocycles. The second kappa shape index (κ2) is 7.76. The van der Waals surface area contributed by atoms with Crippen LogP contribution in [0.1, 0.15) is 27.2 Å². The number of nitrogens with zero attached hydrogens (tertiary/aromatic N) is 1. The number of anilines is 2. The summed E-state index contributed by atoms with van der Waals surface area (Å²) in [6.45, 7) is 0.688. The molecule has 136 valence electrons. The van der Waals surface area contributed by atoms with Gasteiger partial charge in [-0.2, -0.15) is 0 Å². The minimum absolute atomic E-state index is 0.00129. The number of rotatable bonds is 4. The molecule has 0 spiro atoms. The SMILES string of the molecule is O=C(Cc1cccs1)Nc1ccc2c(c1)N(C(=O)c1ccccc1)CCC2. The van der Waals surface area contributed by atoms with Gasteiger partial charge in [0.15, 0.2) is 0 Å². The number of hydrogen-bond donors (Lipinski definition) is 1. The second-order valence-electron chi connectivity index (χ2n) is 6.57. The maximum atomic E-state index is 12.9. The molecule has 0 unspecified atom stereocenters. The van der Waals surface area contributed by atoms with E-state index in [0.29, 0.717) is 18.5 Å². The van der Waals surface area contributed by atoms with Gasteiger partial charge in [-0.05, 0) is 54.1 Å². The van der Waals surface area contributed by atoms with Crippen LogP contribution >= 0.6 is 11.3 Å². The molecule has 1 aromatic heterocycles. The molecular weight excluding hydrogens is 356 g/mol. The third-order valence-corrected chi connectivity index (χ3v) is 5.54. The zero-order valence-electron chi connectivity index (χ0n) is 14.9. The molecule has 2 heterocycles. The van der Waals surface area contributed by atoms with Gasteiger partial charge in [-0.3, -0.25) is 9.59 Å². The molecule has 0 saturated heterocycles. The van der Waals surface area contributed by atoms with Gasteiger partial charge in [-0.1, -0.05) is 30.3 Å². The van der Waals surface area contributed by atoms with E-state index < -0.39 is 0 Å². The number of nitrogens with one attached hydrogen (secondary N) is 1. The summed E-state index contributed by atoms with van der Waals surface area (Å²) in [6.07, 6.45) is 2.24. The topological polar surface area (TPSA) is 49.4 Å². The zero-order chi connectivity index (χ0) is 18.6. The van der Waals surface area contributed by atoms with Crippen molar-refractivity contribution in [3.8, 4) is 0 Å². The maximum absolute atomic E-state index is 12.9. The maximum Gasteiger partial charge on any atom is 0.258 e. The Bertz CT molecular complexity index is 952. The van der Waals surface area contributed by atoms with E-state index in [-0.39, 0.29) is 11.8 Å². The predicted octanol–water partition coefficient (Wildman–Crippen LogP) is 4.52. The first-order valence-electron chi connectivity index (χ1n) is 9.03. The first kappa shape index (κ1) is 17.5. The van der Waals surface area contributed by atoms with Crippen molar-refractivity contribution in [2.75, 3.05) is 16.8 Å². The van der Waals surface area contributed by atoms with Crippen LogP contribution < -0.4 is 10.2 Å². The summed E-state index contributed by atoms with van der Waals surface area (Å²) in [7, 11) is 0. The van der Waals surface area contributed by atoms with Gasteiger partial charge >= 0.3 is 0 Å². The van der Waals surface area contributed by atoms with Crippen molar-refractivity contribution in [3.63, 3.8) is 0 Å². The Morgan fingerprint density at radius 1 is 1.04 bits per heavy atom. The largest absolute Gasteiger partial charge is 0.326 e. The van der Waals surface area contributed by atoms with Crippen LogP contribution in [-0.4, -0.2) is 18.4 Å². The minimum Gasteiger partial charge on any atom is -0.326 e. The highest BCUT2D eigenvalue weighted by molar-refractivity contribution is 7.10. The van der Waals surface area contributed by atoms with Crippen molar-refractivity contribution < 1.29 is 9.59 Å². The van der Waals surface area contributed by atoms with Crippen molar-refractivity contribution in [3.05, 3.63) is 82.0 Å². The normalized spacial score (nSPS) is 13.1. The molecule has 27 heavy (non-hydrogen) atoms. The fourth-order valence-electron chi connectivity index (χ4n) is 3.38. The number of thiophene rings is 1. The van der Waals surface area contributed by atoms with Crippen LogP contribution in [0.25, 0.3) is 0 Å². The number of amides is 2. The molecule has 0 fully saturated rings. The molecular formula is C22H20N2O2S. The monoisotopic (exact) mass is 376 g/mol. The Morgan fingerprint density at radius 2 is 1.89 bits per heavy atom. The Labute approximate surface area is 162 Å². The number of hydrogen-bond acceptors (Lipinski definition) is 3. The number of benzene rings is 2. The summed E-state index contributed by atoms with van der Waals surface area (Å²) in [5.74, 6) is -0.0484. The van der Waals surface area contributed by atoms with Gasteiger partial charge in [0, 0.05) is 28.4 Å². The van der Waals surface area contributed by atoms with Crippen LogP contribution in [0.5, 0.6) is 0 Å². The molecule has 4 rings (SSSR count). The molecule has 5 heteroatoms. The fraction of sp³-hybridized carbons (Fsp3) is 0.182. The van der Waals surface area contributed by atoms with E-state index in [2.05, 4.69) is 5.32 Å². The average Bonchev–Trinajstić information content (AvgIpc) is 3.20. The Hall–Kier alpha value is -2.92. The highest BCUT2D eigenvalue weighted by Gasteiger charge is 2.24. The molecule has 0 bridgehead atoms. The van der Waals surface area contributed by atoms with Gasteiger partial charge in [0.1, 0.15) is 0 Å². The van der Waals surface area contributed by atoms with Crippen LogP contribution in [0.4, 0.5) is 11.4 Å². The van der Waals surface area contributed by atoms with Crippen molar-refractivity contribution in [1.29, 1.82) is 0 Å². The fourth-order valence-corrected chi connectivity index (χ4v) is 4.08. The lowest BCUT2D eigenvalue weighted by molar-refractivity contribution is -0.115. The van der Waals surface area contributed by atoms with E-state index in [0.717, 1.165) is 34.7 Å². The molecule has 0 radical (unpaired) electrons. The number of carbonyl (C=O) groups excluding carboxylic acids is 2. The molecule has 1 N–H and O–H groups in total. The first-order chi connectivity index (χ1) is 13.2. The van der Waals surface area contributed by atoms with E-state index in [4.69, 9.17) is 0 Å². The molecule has 1 aliphatic rings. The van der Waals surface area contributed by atoms with Crippen LogP contribution in [0, 0.1) is 0 Å². The van der Waals surface area contributed by atoms with E-state index in [1.54, 1.807) is 11.3 Å². The van der Waals surface area contributed by atoms with Crippen molar-refractivity contribution in [2.45, 2.75) is 19.3 Å². The smallest absolute Gasteiger partial charge is 0.258 e. The van der Waals surface area contributed by atoms with Crippen LogP contribution in [-0.2, 0) is 17.6 Å². The standard InChI is InChI=1S/C22H20N2O2S/c25-21(15-19-9-5-13-27-19)23-18-11-10-16-8-4-12-24(20(16)14-18)22(26)17-6-2-1-3-7-17/h1-3,5-7,9-11,13-14H,4,8,12,15H2,(H,23,25). The summed E-state index contributed by atoms with van der Waals surface area (Å²) in [6, 6.07) is 19.1. The minimum atomic E-state index is -0.0471. The molecule has 4 nitrogen and oxygen atoms in total. The van der Waals surface area contributed by atoms with Crippen LogP contribution in [0.3, 0.4) is 0 Å². The third kappa shape index (κ3) is 3.93. The molecule has 0 atom stereocenters. The van der Waals surface area contributed by atoms with Crippen LogP contribution in [0.2, 0.25) is 0 Å². The number of fused-ring (bicyclic) bond motifs is 1. The quantitative estimate of drug-likeness (QED) is 0.728. The first-order valence-corrected chi connectivity index (χ1v) is 9.91. The summed E-state index contributed by atoms with van der Waals surface area (Å²) in [5.41, 5.74) is 3.44. The number of carbonyl (C=O) groups is 2. The van der Waals surface area contributed by atoms with Gasteiger partial charge in [-0.15, -0.1) is 11.3 Å². The summed E-state index contributed by atoms with van der Waals surface area (Å²) in [4.78, 5) is 28.1. The highest BCUT2D eigenvalue weighted by atomic mass is 32.1. The van der Waals surface area contributed by atoms with Crippen molar-refractivity contribution in [1.82, 2.24) is 0 Å². The van der Waals surface area contributed by atoms with E-state index in [1.165, 1.54) is 0 Å². The second-order valence-corrected chi connectivity index (χ2v) is 7.61. The summed E-state index contributed by atoms with van der Waals surface area (Å²) < 4.78 is 0. The lowest BCUT2D eigenvalue weighted by atomic mass is 10.00. The van der Waals surface area contributed by atoms with E-state index in [1.807, 2.05) is 70.9 Å². The molecule has 0 aliphatic carbocycles. The van der Waals surface area contributed by atoms with E-state index >= 15 is 0 Å². The van der Waals surface area contributed by atoms with Crippen molar-refractivity contribution in [2.24, 2.45) is 0 Å². The average molecular weight is 376 g/mol. The Kier molecular flexibility index (Phi) is 5.03.